The highest BCUT2D eigenvalue weighted by Gasteiger charge is 2.19. The Labute approximate surface area is 192 Å². The van der Waals surface area contributed by atoms with Gasteiger partial charge in [-0.25, -0.2) is 4.39 Å². The minimum atomic E-state index is -0.327. The van der Waals surface area contributed by atoms with Crippen molar-refractivity contribution in [1.29, 1.82) is 0 Å². The van der Waals surface area contributed by atoms with Crippen LogP contribution >= 0.6 is 12.2 Å². The maximum absolute atomic E-state index is 14.7. The second kappa shape index (κ2) is 9.46. The molecule has 32 heavy (non-hydrogen) atoms. The van der Waals surface area contributed by atoms with Crippen LogP contribution in [0, 0.1) is 17.5 Å². The monoisotopic (exact) mass is 449 g/mol. The first-order chi connectivity index (χ1) is 15.5. The molecule has 3 aromatic carbocycles. The number of aryl methyl sites for hydroxylation is 1. The molecule has 0 aliphatic carbocycles. The molecule has 0 bridgehead atoms. The van der Waals surface area contributed by atoms with Crippen molar-refractivity contribution in [2.75, 3.05) is 14.2 Å². The highest BCUT2D eigenvalue weighted by atomic mass is 32.1. The second-order valence-electron chi connectivity index (χ2n) is 7.90. The number of methoxy groups -OCH3 is 1. The van der Waals surface area contributed by atoms with Gasteiger partial charge in [-0.2, -0.15) is 4.68 Å². The highest BCUT2D eigenvalue weighted by Crippen LogP contribution is 2.25. The fourth-order valence-corrected chi connectivity index (χ4v) is 3.95. The summed E-state index contributed by atoms with van der Waals surface area (Å²) in [5, 5.41) is 4.74. The number of hydrogen-bond donors (Lipinski definition) is 1. The van der Waals surface area contributed by atoms with Crippen molar-refractivity contribution in [3.8, 4) is 22.8 Å². The van der Waals surface area contributed by atoms with E-state index in [1.54, 1.807) is 30.0 Å². The fraction of sp³-hybridized carbons (Fsp3) is 0.200. The number of nitrogens with zero attached hydrogens (tertiary/aromatic N) is 3. The minimum absolute atomic E-state index is 0.327. The van der Waals surface area contributed by atoms with Gasteiger partial charge in [0.25, 0.3) is 0 Å². The number of benzene rings is 3. The van der Waals surface area contributed by atoms with E-state index in [1.165, 1.54) is 16.5 Å². The van der Waals surface area contributed by atoms with E-state index in [0.717, 1.165) is 23.5 Å². The molecular formula is C25H26FN4OS+. The molecule has 1 heterocycles. The Balaban J connectivity index is 1.69. The average Bonchev–Trinajstić information content (AvgIpc) is 3.10. The molecule has 0 saturated heterocycles. The number of quaternary nitrogens is 1. The van der Waals surface area contributed by atoms with Crippen LogP contribution in [0.15, 0.2) is 72.8 Å². The molecule has 0 fully saturated rings. The van der Waals surface area contributed by atoms with Crippen LogP contribution in [0.1, 0.15) is 11.1 Å². The van der Waals surface area contributed by atoms with Crippen molar-refractivity contribution < 1.29 is 14.0 Å². The number of rotatable bonds is 7. The van der Waals surface area contributed by atoms with Crippen molar-refractivity contribution in [2.24, 2.45) is 0 Å². The van der Waals surface area contributed by atoms with E-state index >= 15 is 0 Å². The standard InChI is InChI=1S/C25H25FN4OS/c1-18-8-12-20(13-9-18)30-24(22-6-4-5-7-23(22)26)27-29(25(30)32)17-28(2)16-19-10-14-21(31-3)15-11-19/h4-15H,16-17H2,1-3H3/p+1. The van der Waals surface area contributed by atoms with Gasteiger partial charge in [0.1, 0.15) is 18.1 Å². The van der Waals surface area contributed by atoms with Crippen LogP contribution in [0.2, 0.25) is 0 Å². The number of hydrogen-bond acceptors (Lipinski definition) is 3. The van der Waals surface area contributed by atoms with Crippen molar-refractivity contribution in [3.63, 3.8) is 0 Å². The first-order valence-corrected chi connectivity index (χ1v) is 10.8. The first kappa shape index (κ1) is 21.9. The van der Waals surface area contributed by atoms with Gasteiger partial charge >= 0.3 is 0 Å². The van der Waals surface area contributed by atoms with E-state index in [2.05, 4.69) is 19.2 Å². The predicted molar refractivity (Wildman–Crippen MR) is 126 cm³/mol. The van der Waals surface area contributed by atoms with Gasteiger partial charge in [0.15, 0.2) is 12.5 Å². The molecule has 1 atom stereocenters. The van der Waals surface area contributed by atoms with Crippen LogP contribution < -0.4 is 9.64 Å². The normalized spacial score (nSPS) is 12.0. The third kappa shape index (κ3) is 4.64. The van der Waals surface area contributed by atoms with Crippen LogP contribution in [0.5, 0.6) is 5.75 Å². The summed E-state index contributed by atoms with van der Waals surface area (Å²) in [6, 6.07) is 22.7. The topological polar surface area (TPSA) is 36.4 Å². The second-order valence-corrected chi connectivity index (χ2v) is 8.26. The van der Waals surface area contributed by atoms with Crippen LogP contribution in [0.25, 0.3) is 17.1 Å². The van der Waals surface area contributed by atoms with Gasteiger partial charge in [-0.05, 0) is 67.7 Å². The zero-order valence-electron chi connectivity index (χ0n) is 18.4. The third-order valence-corrected chi connectivity index (χ3v) is 5.72. The average molecular weight is 450 g/mol. The van der Waals surface area contributed by atoms with E-state index in [4.69, 9.17) is 22.1 Å². The number of nitrogens with one attached hydrogen (secondary N) is 1. The molecule has 0 amide bonds. The molecule has 1 N–H and O–H groups in total. The summed E-state index contributed by atoms with van der Waals surface area (Å²) < 4.78 is 24.1. The molecule has 1 unspecified atom stereocenters. The smallest absolute Gasteiger partial charge is 0.207 e. The first-order valence-electron chi connectivity index (χ1n) is 10.4. The van der Waals surface area contributed by atoms with Crippen molar-refractivity contribution in [2.45, 2.75) is 20.1 Å². The summed E-state index contributed by atoms with van der Waals surface area (Å²) in [6.07, 6.45) is 0. The summed E-state index contributed by atoms with van der Waals surface area (Å²) in [6.45, 7) is 3.37. The lowest BCUT2D eigenvalue weighted by molar-refractivity contribution is -0.917. The lowest BCUT2D eigenvalue weighted by Crippen LogP contribution is -3.07. The Bertz CT molecular complexity index is 1260. The summed E-state index contributed by atoms with van der Waals surface area (Å²) in [7, 11) is 3.74. The lowest BCUT2D eigenvalue weighted by Gasteiger charge is -2.14. The van der Waals surface area contributed by atoms with Gasteiger partial charge < -0.3 is 9.64 Å². The van der Waals surface area contributed by atoms with Crippen LogP contribution in [0.3, 0.4) is 0 Å². The quantitative estimate of drug-likeness (QED) is 0.430. The Morgan fingerprint density at radius 3 is 2.34 bits per heavy atom. The Kier molecular flexibility index (Phi) is 6.48. The van der Waals surface area contributed by atoms with E-state index in [9.17, 15) is 4.39 Å². The zero-order valence-corrected chi connectivity index (χ0v) is 19.2. The van der Waals surface area contributed by atoms with Gasteiger partial charge in [-0.3, -0.25) is 4.57 Å². The van der Waals surface area contributed by atoms with E-state index in [1.807, 2.05) is 47.9 Å². The number of ether oxygens (including phenoxy) is 1. The maximum atomic E-state index is 14.7. The Hall–Kier alpha value is -3.29. The lowest BCUT2D eigenvalue weighted by atomic mass is 10.2. The van der Waals surface area contributed by atoms with E-state index in [0.29, 0.717) is 22.8 Å². The Morgan fingerprint density at radius 2 is 1.69 bits per heavy atom. The van der Waals surface area contributed by atoms with Gasteiger partial charge in [-0.1, -0.05) is 29.8 Å². The molecule has 4 aromatic rings. The third-order valence-electron chi connectivity index (χ3n) is 5.33. The summed E-state index contributed by atoms with van der Waals surface area (Å²) in [5.74, 6) is 1.00. The largest absolute Gasteiger partial charge is 0.497 e. The molecule has 0 saturated carbocycles. The molecule has 5 nitrogen and oxygen atoms in total. The van der Waals surface area contributed by atoms with Crippen molar-refractivity contribution >= 4 is 12.2 Å². The fourth-order valence-electron chi connectivity index (χ4n) is 3.66. The van der Waals surface area contributed by atoms with Crippen LogP contribution in [0.4, 0.5) is 4.39 Å². The summed E-state index contributed by atoms with van der Waals surface area (Å²) >= 11 is 5.80. The van der Waals surface area contributed by atoms with E-state index < -0.39 is 0 Å². The molecular weight excluding hydrogens is 423 g/mol. The van der Waals surface area contributed by atoms with Crippen molar-refractivity contribution in [1.82, 2.24) is 14.3 Å². The summed E-state index contributed by atoms with van der Waals surface area (Å²) in [4.78, 5) is 1.19. The van der Waals surface area contributed by atoms with Gasteiger partial charge in [0.05, 0.1) is 19.7 Å². The molecule has 1 aromatic heterocycles. The molecule has 0 radical (unpaired) electrons. The Morgan fingerprint density at radius 1 is 1.00 bits per heavy atom. The maximum Gasteiger partial charge on any atom is 0.207 e. The predicted octanol–water partition coefficient (Wildman–Crippen LogP) is 4.20. The number of halogens is 1. The SMILES string of the molecule is COc1ccc(C[NH+](C)Cn2nc(-c3ccccc3F)n(-c3ccc(C)cc3)c2=S)cc1. The number of aromatic nitrogens is 3. The molecule has 164 valence electrons. The highest BCUT2D eigenvalue weighted by molar-refractivity contribution is 7.71. The van der Waals surface area contributed by atoms with Crippen LogP contribution in [-0.2, 0) is 13.2 Å². The summed E-state index contributed by atoms with van der Waals surface area (Å²) in [5.41, 5.74) is 3.61. The molecule has 0 spiro atoms. The van der Waals surface area contributed by atoms with Crippen molar-refractivity contribution in [3.05, 3.63) is 94.5 Å². The minimum Gasteiger partial charge on any atom is -0.497 e. The van der Waals surface area contributed by atoms with Gasteiger partial charge in [0, 0.05) is 11.3 Å². The molecule has 0 aliphatic heterocycles. The zero-order chi connectivity index (χ0) is 22.7. The molecule has 4 rings (SSSR count). The van der Waals surface area contributed by atoms with E-state index in [-0.39, 0.29) is 5.82 Å². The van der Waals surface area contributed by atoms with Gasteiger partial charge in [-0.15, -0.1) is 5.10 Å². The molecule has 0 aliphatic rings. The van der Waals surface area contributed by atoms with Gasteiger partial charge in [0.2, 0.25) is 4.77 Å². The van der Waals surface area contributed by atoms with Crippen LogP contribution in [-0.4, -0.2) is 28.5 Å². The molecule has 7 heteroatoms.